The molecular formula is C11H18N2O. The van der Waals surface area contributed by atoms with Crippen molar-refractivity contribution in [1.29, 1.82) is 0 Å². The highest BCUT2D eigenvalue weighted by Gasteiger charge is 2.23. The predicted octanol–water partition coefficient (Wildman–Crippen LogP) is 1.14. The first-order valence-corrected chi connectivity index (χ1v) is 4.94. The van der Waals surface area contributed by atoms with Crippen molar-refractivity contribution in [3.63, 3.8) is 0 Å². The van der Waals surface area contributed by atoms with E-state index in [1.54, 1.807) is 6.20 Å². The monoisotopic (exact) mass is 194 g/mol. The maximum atomic E-state index is 9.06. The molecular weight excluding hydrogens is 176 g/mol. The molecule has 3 heteroatoms. The summed E-state index contributed by atoms with van der Waals surface area (Å²) < 4.78 is 0. The van der Waals surface area contributed by atoms with E-state index in [9.17, 15) is 0 Å². The van der Waals surface area contributed by atoms with Gasteiger partial charge in [-0.25, -0.2) is 0 Å². The molecule has 2 atom stereocenters. The molecule has 0 saturated carbocycles. The lowest BCUT2D eigenvalue weighted by Crippen LogP contribution is -2.35. The van der Waals surface area contributed by atoms with Crippen molar-refractivity contribution >= 4 is 0 Å². The standard InChI is InChI=1S/C11H18N2O/c1-8(2)11(9(12)7-14)10-5-3-4-6-13-10/h3-6,8-9,11,14H,7,12H2,1-2H3. The molecule has 0 radical (unpaired) electrons. The summed E-state index contributed by atoms with van der Waals surface area (Å²) in [5.41, 5.74) is 6.82. The van der Waals surface area contributed by atoms with Crippen LogP contribution < -0.4 is 5.73 Å². The van der Waals surface area contributed by atoms with Gasteiger partial charge in [-0.15, -0.1) is 0 Å². The molecule has 0 aromatic carbocycles. The van der Waals surface area contributed by atoms with Crippen LogP contribution in [0, 0.1) is 5.92 Å². The Kier molecular flexibility index (Phi) is 4.04. The summed E-state index contributed by atoms with van der Waals surface area (Å²) in [6.07, 6.45) is 1.76. The summed E-state index contributed by atoms with van der Waals surface area (Å²) in [7, 11) is 0. The Balaban J connectivity index is 2.89. The Hall–Kier alpha value is -0.930. The average molecular weight is 194 g/mol. The van der Waals surface area contributed by atoms with E-state index in [0.29, 0.717) is 5.92 Å². The van der Waals surface area contributed by atoms with Crippen molar-refractivity contribution in [3.05, 3.63) is 30.1 Å². The van der Waals surface area contributed by atoms with Crippen LogP contribution in [0.25, 0.3) is 0 Å². The summed E-state index contributed by atoms with van der Waals surface area (Å²) >= 11 is 0. The topological polar surface area (TPSA) is 59.1 Å². The zero-order valence-corrected chi connectivity index (χ0v) is 8.72. The maximum absolute atomic E-state index is 9.06. The Bertz CT molecular complexity index is 261. The van der Waals surface area contributed by atoms with Crippen molar-refractivity contribution in [2.45, 2.75) is 25.8 Å². The summed E-state index contributed by atoms with van der Waals surface area (Å²) in [5, 5.41) is 9.06. The minimum absolute atomic E-state index is 0.000574. The van der Waals surface area contributed by atoms with Gasteiger partial charge in [-0.1, -0.05) is 19.9 Å². The first-order chi connectivity index (χ1) is 6.66. The third-order valence-electron chi connectivity index (χ3n) is 2.42. The zero-order valence-electron chi connectivity index (χ0n) is 8.72. The molecule has 0 aliphatic rings. The number of rotatable bonds is 4. The van der Waals surface area contributed by atoms with E-state index in [-0.39, 0.29) is 18.6 Å². The highest BCUT2D eigenvalue weighted by Crippen LogP contribution is 2.24. The van der Waals surface area contributed by atoms with Crippen LogP contribution in [0.5, 0.6) is 0 Å². The lowest BCUT2D eigenvalue weighted by molar-refractivity contribution is 0.230. The Morgan fingerprint density at radius 3 is 2.57 bits per heavy atom. The van der Waals surface area contributed by atoms with E-state index in [1.165, 1.54) is 0 Å². The molecule has 0 saturated heterocycles. The summed E-state index contributed by atoms with van der Waals surface area (Å²) in [5.74, 6) is 0.508. The van der Waals surface area contributed by atoms with E-state index in [2.05, 4.69) is 18.8 Å². The van der Waals surface area contributed by atoms with Crippen molar-refractivity contribution in [2.24, 2.45) is 11.7 Å². The summed E-state index contributed by atoms with van der Waals surface area (Å²) in [6, 6.07) is 5.55. The number of aromatic nitrogens is 1. The lowest BCUT2D eigenvalue weighted by Gasteiger charge is -2.25. The van der Waals surface area contributed by atoms with Crippen molar-refractivity contribution in [1.82, 2.24) is 4.98 Å². The molecule has 0 fully saturated rings. The third kappa shape index (κ3) is 2.53. The molecule has 2 unspecified atom stereocenters. The van der Waals surface area contributed by atoms with Crippen LogP contribution in [-0.4, -0.2) is 22.7 Å². The highest BCUT2D eigenvalue weighted by molar-refractivity contribution is 5.12. The van der Waals surface area contributed by atoms with Crippen molar-refractivity contribution < 1.29 is 5.11 Å². The van der Waals surface area contributed by atoms with Crippen LogP contribution in [0.15, 0.2) is 24.4 Å². The van der Waals surface area contributed by atoms with Gasteiger partial charge < -0.3 is 10.8 Å². The van der Waals surface area contributed by atoms with Crippen LogP contribution in [0.3, 0.4) is 0 Å². The van der Waals surface area contributed by atoms with Gasteiger partial charge in [0.25, 0.3) is 0 Å². The molecule has 3 nitrogen and oxygen atoms in total. The van der Waals surface area contributed by atoms with E-state index in [4.69, 9.17) is 10.8 Å². The first kappa shape index (κ1) is 11.1. The molecule has 78 valence electrons. The molecule has 0 aliphatic carbocycles. The zero-order chi connectivity index (χ0) is 10.6. The molecule has 1 heterocycles. The van der Waals surface area contributed by atoms with Crippen molar-refractivity contribution in [3.8, 4) is 0 Å². The lowest BCUT2D eigenvalue weighted by atomic mass is 9.86. The van der Waals surface area contributed by atoms with Crippen LogP contribution in [0.2, 0.25) is 0 Å². The minimum atomic E-state index is -0.232. The molecule has 0 bridgehead atoms. The second kappa shape index (κ2) is 5.08. The van der Waals surface area contributed by atoms with Gasteiger partial charge in [0.15, 0.2) is 0 Å². The fourth-order valence-electron chi connectivity index (χ4n) is 1.74. The number of aliphatic hydroxyl groups is 1. The quantitative estimate of drug-likeness (QED) is 0.755. The first-order valence-electron chi connectivity index (χ1n) is 4.94. The van der Waals surface area contributed by atoms with Gasteiger partial charge in [0, 0.05) is 23.9 Å². The normalized spacial score (nSPS) is 15.5. The number of hydrogen-bond acceptors (Lipinski definition) is 3. The molecule has 0 spiro atoms. The molecule has 0 aliphatic heterocycles. The van der Waals surface area contributed by atoms with Crippen molar-refractivity contribution in [2.75, 3.05) is 6.61 Å². The van der Waals surface area contributed by atoms with Gasteiger partial charge in [0.1, 0.15) is 0 Å². The second-order valence-electron chi connectivity index (χ2n) is 3.87. The minimum Gasteiger partial charge on any atom is -0.395 e. The summed E-state index contributed by atoms with van der Waals surface area (Å²) in [4.78, 5) is 4.28. The molecule has 1 aromatic heterocycles. The van der Waals surface area contributed by atoms with Crippen LogP contribution in [0.1, 0.15) is 25.5 Å². The average Bonchev–Trinajstić information content (AvgIpc) is 2.19. The van der Waals surface area contributed by atoms with Crippen LogP contribution in [0.4, 0.5) is 0 Å². The predicted molar refractivity (Wildman–Crippen MR) is 56.9 cm³/mol. The SMILES string of the molecule is CC(C)C(c1ccccn1)C(N)CO. The van der Waals surface area contributed by atoms with Gasteiger partial charge in [-0.3, -0.25) is 4.98 Å². The summed E-state index contributed by atoms with van der Waals surface area (Å²) in [6.45, 7) is 4.18. The van der Waals surface area contributed by atoms with Crippen LogP contribution >= 0.6 is 0 Å². The second-order valence-corrected chi connectivity index (χ2v) is 3.87. The molecule has 3 N–H and O–H groups in total. The number of pyridine rings is 1. The van der Waals surface area contributed by atoms with E-state index in [0.717, 1.165) is 5.69 Å². The van der Waals surface area contributed by atoms with Crippen LogP contribution in [-0.2, 0) is 0 Å². The molecule has 1 rings (SSSR count). The number of hydrogen-bond donors (Lipinski definition) is 2. The van der Waals surface area contributed by atoms with E-state index >= 15 is 0 Å². The van der Waals surface area contributed by atoms with Gasteiger partial charge in [0.05, 0.1) is 6.61 Å². The Labute approximate surface area is 85.0 Å². The van der Waals surface area contributed by atoms with Gasteiger partial charge >= 0.3 is 0 Å². The molecule has 14 heavy (non-hydrogen) atoms. The highest BCUT2D eigenvalue weighted by atomic mass is 16.3. The number of nitrogens with zero attached hydrogens (tertiary/aromatic N) is 1. The number of nitrogens with two attached hydrogens (primary N) is 1. The number of aliphatic hydroxyl groups excluding tert-OH is 1. The van der Waals surface area contributed by atoms with Gasteiger partial charge in [-0.2, -0.15) is 0 Å². The Morgan fingerprint density at radius 1 is 1.43 bits per heavy atom. The molecule has 1 aromatic rings. The van der Waals surface area contributed by atoms with Gasteiger partial charge in [-0.05, 0) is 18.1 Å². The maximum Gasteiger partial charge on any atom is 0.0589 e. The molecule has 0 amide bonds. The van der Waals surface area contributed by atoms with Gasteiger partial charge in [0.2, 0.25) is 0 Å². The Morgan fingerprint density at radius 2 is 2.14 bits per heavy atom. The fourth-order valence-corrected chi connectivity index (χ4v) is 1.74. The third-order valence-corrected chi connectivity index (χ3v) is 2.42. The van der Waals surface area contributed by atoms with E-state index < -0.39 is 0 Å². The fraction of sp³-hybridized carbons (Fsp3) is 0.545. The largest absolute Gasteiger partial charge is 0.395 e. The smallest absolute Gasteiger partial charge is 0.0589 e. The van der Waals surface area contributed by atoms with E-state index in [1.807, 2.05) is 18.2 Å².